The summed E-state index contributed by atoms with van der Waals surface area (Å²) in [6.45, 7) is 4.79. The van der Waals surface area contributed by atoms with Crippen molar-refractivity contribution >= 4 is 47.0 Å². The number of carbonyl (C=O) groups is 4. The zero-order valence-corrected chi connectivity index (χ0v) is 27.6. The molecule has 0 saturated carbocycles. The maximum atomic E-state index is 12.7. The Balaban J connectivity index is 0.000000637. The van der Waals surface area contributed by atoms with Crippen LogP contribution in [0.3, 0.4) is 0 Å². The first-order valence-corrected chi connectivity index (χ1v) is 15.9. The van der Waals surface area contributed by atoms with E-state index in [1.165, 1.54) is 5.56 Å². The van der Waals surface area contributed by atoms with Crippen molar-refractivity contribution in [2.24, 2.45) is 0 Å². The smallest absolute Gasteiger partial charge is 0.303 e. The summed E-state index contributed by atoms with van der Waals surface area (Å²) in [6, 6.07) is 25.3. The van der Waals surface area contributed by atoms with Crippen molar-refractivity contribution in [2.45, 2.75) is 50.5 Å². The van der Waals surface area contributed by atoms with E-state index < -0.39 is 11.9 Å². The molecule has 1 aliphatic heterocycles. The SMILES string of the molecule is CC(=O)N(C)C1(c2ccccc2)CCN(CCC(CNC(=O)c2ccccc2)c2ccc(Cl)c(Cl)c2)CC1.O=C(O)CCC(=O)O. The second-order valence-electron chi connectivity index (χ2n) is 11.3. The lowest BCUT2D eigenvalue weighted by Crippen LogP contribution is -2.53. The zero-order valence-electron chi connectivity index (χ0n) is 26.1. The largest absolute Gasteiger partial charge is 0.481 e. The van der Waals surface area contributed by atoms with Crippen LogP contribution in [0.1, 0.15) is 66.4 Å². The molecule has 0 aromatic heterocycles. The van der Waals surface area contributed by atoms with Crippen LogP contribution < -0.4 is 5.32 Å². The molecule has 1 saturated heterocycles. The lowest BCUT2D eigenvalue weighted by molar-refractivity contribution is -0.143. The molecule has 3 aromatic carbocycles. The van der Waals surface area contributed by atoms with Gasteiger partial charge in [-0.1, -0.05) is 77.8 Å². The maximum Gasteiger partial charge on any atom is 0.303 e. The molecule has 1 atom stereocenters. The van der Waals surface area contributed by atoms with Gasteiger partial charge in [0.1, 0.15) is 0 Å². The average molecular weight is 671 g/mol. The van der Waals surface area contributed by atoms with Crippen LogP contribution in [0.2, 0.25) is 10.0 Å². The molecule has 0 spiro atoms. The number of likely N-dealkylation sites (tertiary alicyclic amines) is 1. The van der Waals surface area contributed by atoms with Gasteiger partial charge in [0.05, 0.1) is 28.4 Å². The van der Waals surface area contributed by atoms with Crippen molar-refractivity contribution in [3.63, 3.8) is 0 Å². The molecule has 3 N–H and O–H groups in total. The summed E-state index contributed by atoms with van der Waals surface area (Å²) in [5.41, 5.74) is 2.59. The molecular weight excluding hydrogens is 629 g/mol. The fourth-order valence-corrected chi connectivity index (χ4v) is 5.93. The summed E-state index contributed by atoms with van der Waals surface area (Å²) in [7, 11) is 1.92. The second kappa shape index (κ2) is 17.7. The molecule has 1 aliphatic rings. The number of aliphatic carboxylic acids is 2. The number of hydrogen-bond donors (Lipinski definition) is 3. The zero-order chi connectivity index (χ0) is 33.7. The number of rotatable bonds is 12. The minimum atomic E-state index is -1.08. The third kappa shape index (κ3) is 10.6. The van der Waals surface area contributed by atoms with Gasteiger partial charge in [0.2, 0.25) is 5.91 Å². The minimum Gasteiger partial charge on any atom is -0.481 e. The van der Waals surface area contributed by atoms with Crippen molar-refractivity contribution in [1.29, 1.82) is 0 Å². The Morgan fingerprint density at radius 2 is 1.43 bits per heavy atom. The number of piperidine rings is 1. The van der Waals surface area contributed by atoms with E-state index in [4.69, 9.17) is 33.4 Å². The Kier molecular flexibility index (Phi) is 14.1. The second-order valence-corrected chi connectivity index (χ2v) is 12.2. The number of amides is 2. The van der Waals surface area contributed by atoms with E-state index in [2.05, 4.69) is 22.3 Å². The third-order valence-corrected chi connectivity index (χ3v) is 9.15. The number of carbonyl (C=O) groups excluding carboxylic acids is 2. The number of benzene rings is 3. The molecule has 0 radical (unpaired) electrons. The Labute approximate surface area is 280 Å². The standard InChI is InChI=1S/C31H35Cl2N3O2.C4H6O4/c1-23(37)35(2)31(27-11-7-4-8-12-27)16-19-36(20-17-31)18-15-26(25-13-14-28(32)29(33)21-25)22-34-30(38)24-9-5-3-6-10-24;5-3(6)1-2-4(7)8/h3-14,21,26H,15-20,22H2,1-2H3,(H,34,38);1-2H2,(H,5,6)(H,7,8). The molecule has 4 rings (SSSR count). The quantitative estimate of drug-likeness (QED) is 0.206. The van der Waals surface area contributed by atoms with Gasteiger partial charge in [0.25, 0.3) is 5.91 Å². The summed E-state index contributed by atoms with van der Waals surface area (Å²) in [5, 5.41) is 19.9. The molecule has 46 heavy (non-hydrogen) atoms. The first-order valence-electron chi connectivity index (χ1n) is 15.2. The Morgan fingerprint density at radius 3 is 1.96 bits per heavy atom. The Bertz CT molecular complexity index is 1450. The highest BCUT2D eigenvalue weighted by atomic mass is 35.5. The minimum absolute atomic E-state index is 0.0798. The predicted octanol–water partition coefficient (Wildman–Crippen LogP) is 6.30. The molecular formula is C35H41Cl2N3O6. The van der Waals surface area contributed by atoms with Gasteiger partial charge in [-0.3, -0.25) is 19.2 Å². The highest BCUT2D eigenvalue weighted by Crippen LogP contribution is 2.38. The maximum absolute atomic E-state index is 12.7. The van der Waals surface area contributed by atoms with Gasteiger partial charge in [-0.05, 0) is 61.2 Å². The van der Waals surface area contributed by atoms with E-state index in [0.717, 1.165) is 44.5 Å². The van der Waals surface area contributed by atoms with E-state index in [0.29, 0.717) is 22.2 Å². The van der Waals surface area contributed by atoms with Crippen LogP contribution in [0.4, 0.5) is 0 Å². The highest BCUT2D eigenvalue weighted by molar-refractivity contribution is 6.42. The Hall–Kier alpha value is -3.92. The first kappa shape index (κ1) is 36.5. The van der Waals surface area contributed by atoms with Gasteiger partial charge in [-0.2, -0.15) is 0 Å². The van der Waals surface area contributed by atoms with Gasteiger partial charge in [-0.25, -0.2) is 0 Å². The third-order valence-electron chi connectivity index (χ3n) is 8.42. The van der Waals surface area contributed by atoms with Crippen molar-refractivity contribution in [2.75, 3.05) is 33.2 Å². The number of hydrogen-bond acceptors (Lipinski definition) is 5. The van der Waals surface area contributed by atoms with Gasteiger partial charge in [0, 0.05) is 45.1 Å². The van der Waals surface area contributed by atoms with Gasteiger partial charge in [-0.15, -0.1) is 0 Å². The van der Waals surface area contributed by atoms with E-state index in [1.807, 2.05) is 78.7 Å². The molecule has 3 aromatic rings. The van der Waals surface area contributed by atoms with Gasteiger partial charge < -0.3 is 25.3 Å². The molecule has 1 fully saturated rings. The fourth-order valence-electron chi connectivity index (χ4n) is 5.63. The summed E-state index contributed by atoms with van der Waals surface area (Å²) < 4.78 is 0. The molecule has 246 valence electrons. The molecule has 11 heteroatoms. The molecule has 2 amide bonds. The number of nitrogens with zero attached hydrogens (tertiary/aromatic N) is 2. The summed E-state index contributed by atoms with van der Waals surface area (Å²) >= 11 is 12.5. The van der Waals surface area contributed by atoms with E-state index in [1.54, 1.807) is 6.92 Å². The molecule has 0 aliphatic carbocycles. The van der Waals surface area contributed by atoms with Crippen LogP contribution in [0, 0.1) is 0 Å². The fraction of sp³-hybridized carbons (Fsp3) is 0.371. The Morgan fingerprint density at radius 1 is 0.870 bits per heavy atom. The number of carboxylic acids is 2. The van der Waals surface area contributed by atoms with E-state index in [9.17, 15) is 19.2 Å². The van der Waals surface area contributed by atoms with Crippen LogP contribution in [0.15, 0.2) is 78.9 Å². The van der Waals surface area contributed by atoms with Crippen molar-refractivity contribution in [3.05, 3.63) is 106 Å². The molecule has 9 nitrogen and oxygen atoms in total. The number of carboxylic acid groups (broad SMARTS) is 2. The van der Waals surface area contributed by atoms with Crippen molar-refractivity contribution < 1.29 is 29.4 Å². The number of halogens is 2. The lowest BCUT2D eigenvalue weighted by atomic mass is 9.79. The summed E-state index contributed by atoms with van der Waals surface area (Å²) in [4.78, 5) is 48.8. The monoisotopic (exact) mass is 669 g/mol. The first-order chi connectivity index (χ1) is 21.9. The topological polar surface area (TPSA) is 127 Å². The van der Waals surface area contributed by atoms with Crippen LogP contribution in [0.25, 0.3) is 0 Å². The highest BCUT2D eigenvalue weighted by Gasteiger charge is 2.41. The lowest BCUT2D eigenvalue weighted by Gasteiger charge is -2.48. The van der Waals surface area contributed by atoms with Crippen LogP contribution in [0.5, 0.6) is 0 Å². The number of nitrogens with one attached hydrogen (secondary N) is 1. The van der Waals surface area contributed by atoms with Crippen LogP contribution in [-0.2, 0) is 19.9 Å². The predicted molar refractivity (Wildman–Crippen MR) is 179 cm³/mol. The average Bonchev–Trinajstić information content (AvgIpc) is 3.06. The summed E-state index contributed by atoms with van der Waals surface area (Å²) in [6.07, 6.45) is 2.00. The van der Waals surface area contributed by atoms with Gasteiger partial charge in [0.15, 0.2) is 0 Å². The molecule has 1 heterocycles. The normalized spacial score (nSPS) is 14.7. The molecule has 0 bridgehead atoms. The van der Waals surface area contributed by atoms with Crippen LogP contribution >= 0.6 is 23.2 Å². The summed E-state index contributed by atoms with van der Waals surface area (Å²) in [5.74, 6) is -2.08. The van der Waals surface area contributed by atoms with Crippen molar-refractivity contribution in [3.8, 4) is 0 Å². The van der Waals surface area contributed by atoms with Crippen molar-refractivity contribution in [1.82, 2.24) is 15.1 Å². The van der Waals surface area contributed by atoms with Crippen LogP contribution in [-0.4, -0.2) is 77.0 Å². The van der Waals surface area contributed by atoms with E-state index >= 15 is 0 Å². The molecule has 1 unspecified atom stereocenters. The van der Waals surface area contributed by atoms with Gasteiger partial charge >= 0.3 is 11.9 Å². The van der Waals surface area contributed by atoms with E-state index in [-0.39, 0.29) is 36.1 Å².